The van der Waals surface area contributed by atoms with Gasteiger partial charge in [-0.15, -0.1) is 11.3 Å². The van der Waals surface area contributed by atoms with Crippen LogP contribution in [0.3, 0.4) is 0 Å². The third-order valence-electron chi connectivity index (χ3n) is 6.13. The Morgan fingerprint density at radius 2 is 1.82 bits per heavy atom. The second-order valence-corrected chi connectivity index (χ2v) is 10.3. The molecule has 0 spiro atoms. The number of carboxylic acid groups (broad SMARTS) is 1. The first kappa shape index (κ1) is 21.7. The first-order valence-corrected chi connectivity index (χ1v) is 12.4. The van der Waals surface area contributed by atoms with Crippen LogP contribution < -0.4 is 4.90 Å². The van der Waals surface area contributed by atoms with Gasteiger partial charge in [0.15, 0.2) is 0 Å². The van der Waals surface area contributed by atoms with E-state index in [-0.39, 0.29) is 11.1 Å². The third kappa shape index (κ3) is 3.63. The topological polar surface area (TPSA) is 79.6 Å². The molecule has 8 heteroatoms. The van der Waals surface area contributed by atoms with Gasteiger partial charge in [-0.1, -0.05) is 18.2 Å². The van der Waals surface area contributed by atoms with E-state index in [0.717, 1.165) is 69.8 Å². The summed E-state index contributed by atoms with van der Waals surface area (Å²) in [7, 11) is 0. The molecule has 5 rings (SSSR count). The molecule has 3 aromatic rings. The Balaban J connectivity index is 1.56. The van der Waals surface area contributed by atoms with Crippen LogP contribution in [0.1, 0.15) is 50.6 Å². The molecule has 33 heavy (non-hydrogen) atoms. The molecule has 0 bridgehead atoms. The minimum absolute atomic E-state index is 0.328. The van der Waals surface area contributed by atoms with Crippen molar-refractivity contribution in [2.75, 3.05) is 4.90 Å². The van der Waals surface area contributed by atoms with E-state index in [4.69, 9.17) is 0 Å². The molecule has 0 radical (unpaired) electrons. The van der Waals surface area contributed by atoms with Crippen LogP contribution >= 0.6 is 23.1 Å². The van der Waals surface area contributed by atoms with Gasteiger partial charge in [-0.2, -0.15) is 0 Å². The number of amides is 2. The van der Waals surface area contributed by atoms with Gasteiger partial charge in [-0.25, -0.2) is 9.69 Å². The van der Waals surface area contributed by atoms with Crippen LogP contribution in [0.2, 0.25) is 0 Å². The highest BCUT2D eigenvalue weighted by Crippen LogP contribution is 2.40. The van der Waals surface area contributed by atoms with E-state index in [2.05, 4.69) is 0 Å². The van der Waals surface area contributed by atoms with Crippen molar-refractivity contribution in [1.82, 2.24) is 4.57 Å². The second kappa shape index (κ2) is 8.35. The second-order valence-electron chi connectivity index (χ2n) is 8.21. The zero-order valence-electron chi connectivity index (χ0n) is 18.3. The number of benzene rings is 1. The van der Waals surface area contributed by atoms with Crippen molar-refractivity contribution in [2.24, 2.45) is 0 Å². The number of imide groups is 1. The molecule has 3 heterocycles. The number of aryl methyl sites for hydroxylation is 2. The molecule has 1 saturated heterocycles. The number of aromatic nitrogens is 1. The molecular formula is C25H22N2O4S2. The maximum Gasteiger partial charge on any atom is 0.339 e. The summed E-state index contributed by atoms with van der Waals surface area (Å²) in [6.45, 7) is 3.86. The molecule has 2 aromatic heterocycles. The minimum atomic E-state index is -0.901. The molecule has 168 valence electrons. The molecular weight excluding hydrogens is 456 g/mol. The molecule has 1 N–H and O–H groups in total. The SMILES string of the molecule is Cc1cc(/C=C2\SC(=O)N(c3ccccc3)C2=O)c(C)n1-c1sc2c(c1C(=O)O)CCCC2. The van der Waals surface area contributed by atoms with E-state index < -0.39 is 5.97 Å². The summed E-state index contributed by atoms with van der Waals surface area (Å²) < 4.78 is 1.97. The molecule has 1 fully saturated rings. The number of carbonyl (C=O) groups is 3. The van der Waals surface area contributed by atoms with Gasteiger partial charge in [0.1, 0.15) is 5.00 Å². The number of hydrogen-bond donors (Lipinski definition) is 1. The van der Waals surface area contributed by atoms with Crippen molar-refractivity contribution in [2.45, 2.75) is 39.5 Å². The molecule has 2 amide bonds. The van der Waals surface area contributed by atoms with Crippen LogP contribution in [0.4, 0.5) is 10.5 Å². The van der Waals surface area contributed by atoms with E-state index in [1.54, 1.807) is 41.7 Å². The first-order valence-electron chi connectivity index (χ1n) is 10.8. The largest absolute Gasteiger partial charge is 0.478 e. The third-order valence-corrected chi connectivity index (χ3v) is 8.28. The lowest BCUT2D eigenvalue weighted by Crippen LogP contribution is -2.27. The lowest BCUT2D eigenvalue weighted by Gasteiger charge is -2.12. The van der Waals surface area contributed by atoms with Gasteiger partial charge in [-0.05, 0) is 86.7 Å². The number of anilines is 1. The van der Waals surface area contributed by atoms with Crippen molar-refractivity contribution in [3.63, 3.8) is 0 Å². The minimum Gasteiger partial charge on any atom is -0.478 e. The van der Waals surface area contributed by atoms with E-state index in [0.29, 0.717) is 16.2 Å². The smallest absolute Gasteiger partial charge is 0.339 e. The molecule has 2 aliphatic rings. The zero-order valence-corrected chi connectivity index (χ0v) is 19.9. The van der Waals surface area contributed by atoms with E-state index >= 15 is 0 Å². The van der Waals surface area contributed by atoms with Crippen LogP contribution in [0.25, 0.3) is 11.1 Å². The summed E-state index contributed by atoms with van der Waals surface area (Å²) in [5.41, 5.74) is 4.44. The molecule has 0 unspecified atom stereocenters. The highest BCUT2D eigenvalue weighted by molar-refractivity contribution is 8.19. The molecule has 0 saturated carbocycles. The van der Waals surface area contributed by atoms with Crippen LogP contribution in [0.5, 0.6) is 0 Å². The molecule has 1 aromatic carbocycles. The summed E-state index contributed by atoms with van der Waals surface area (Å²) in [5, 5.41) is 10.4. The number of hydrogen-bond acceptors (Lipinski definition) is 5. The van der Waals surface area contributed by atoms with E-state index in [1.807, 2.05) is 30.5 Å². The fraction of sp³-hybridized carbons (Fsp3) is 0.240. The predicted molar refractivity (Wildman–Crippen MR) is 132 cm³/mol. The monoisotopic (exact) mass is 478 g/mol. The van der Waals surface area contributed by atoms with Gasteiger partial charge in [-0.3, -0.25) is 9.59 Å². The summed E-state index contributed by atoms with van der Waals surface area (Å²) in [4.78, 5) is 40.4. The van der Waals surface area contributed by atoms with Gasteiger partial charge in [0.2, 0.25) is 0 Å². The zero-order chi connectivity index (χ0) is 23.3. The van der Waals surface area contributed by atoms with E-state index in [1.165, 1.54) is 4.90 Å². The van der Waals surface area contributed by atoms with Crippen LogP contribution in [-0.2, 0) is 17.6 Å². The fourth-order valence-electron chi connectivity index (χ4n) is 4.58. The first-order chi connectivity index (χ1) is 15.9. The number of rotatable bonds is 4. The Labute approximate surface area is 199 Å². The highest BCUT2D eigenvalue weighted by Gasteiger charge is 2.36. The number of aromatic carboxylic acids is 1. The van der Waals surface area contributed by atoms with Crippen molar-refractivity contribution in [3.8, 4) is 5.00 Å². The Kier molecular flexibility index (Phi) is 5.50. The Morgan fingerprint density at radius 1 is 1.09 bits per heavy atom. The lowest BCUT2D eigenvalue weighted by molar-refractivity contribution is -0.113. The highest BCUT2D eigenvalue weighted by atomic mass is 32.2. The number of thioether (sulfide) groups is 1. The van der Waals surface area contributed by atoms with Crippen molar-refractivity contribution < 1.29 is 19.5 Å². The standard InChI is InChI=1S/C25H22N2O4S2/c1-14-12-16(13-20-22(28)27(25(31)33-20)17-8-4-3-5-9-17)15(2)26(14)23-21(24(29)30)18-10-6-7-11-19(18)32-23/h3-5,8-9,12-13H,6-7,10-11H2,1-2H3,(H,29,30)/b20-13-. The Hall–Kier alpha value is -3.10. The number of nitrogens with zero attached hydrogens (tertiary/aromatic N) is 2. The van der Waals surface area contributed by atoms with Gasteiger partial charge in [0, 0.05) is 16.3 Å². The quantitative estimate of drug-likeness (QED) is 0.467. The molecule has 1 aliphatic heterocycles. The number of thiophene rings is 1. The lowest BCUT2D eigenvalue weighted by atomic mass is 9.95. The Morgan fingerprint density at radius 3 is 2.55 bits per heavy atom. The van der Waals surface area contributed by atoms with Gasteiger partial charge in [0.25, 0.3) is 11.1 Å². The number of para-hydroxylation sites is 1. The maximum absolute atomic E-state index is 13.0. The van der Waals surface area contributed by atoms with Crippen LogP contribution in [0.15, 0.2) is 41.3 Å². The van der Waals surface area contributed by atoms with E-state index in [9.17, 15) is 19.5 Å². The summed E-state index contributed by atoms with van der Waals surface area (Å²) in [5.74, 6) is -1.25. The van der Waals surface area contributed by atoms with Crippen molar-refractivity contribution in [1.29, 1.82) is 0 Å². The molecule has 1 aliphatic carbocycles. The molecule has 6 nitrogen and oxygen atoms in total. The van der Waals surface area contributed by atoms with Gasteiger partial charge >= 0.3 is 5.97 Å². The Bertz CT molecular complexity index is 1330. The van der Waals surface area contributed by atoms with Gasteiger partial charge < -0.3 is 9.67 Å². The average Bonchev–Trinajstić information content (AvgIpc) is 3.39. The van der Waals surface area contributed by atoms with Crippen LogP contribution in [0, 0.1) is 13.8 Å². The number of carbonyl (C=O) groups excluding carboxylic acids is 2. The molecule has 0 atom stereocenters. The predicted octanol–water partition coefficient (Wildman–Crippen LogP) is 5.97. The number of carboxylic acids is 1. The number of fused-ring (bicyclic) bond motifs is 1. The van der Waals surface area contributed by atoms with Crippen molar-refractivity contribution in [3.05, 3.63) is 74.3 Å². The summed E-state index contributed by atoms with van der Waals surface area (Å²) >= 11 is 2.47. The van der Waals surface area contributed by atoms with Gasteiger partial charge in [0.05, 0.1) is 16.2 Å². The van der Waals surface area contributed by atoms with Crippen LogP contribution in [-0.4, -0.2) is 26.8 Å². The fourth-order valence-corrected chi connectivity index (χ4v) is 6.91. The normalized spacial score (nSPS) is 17.2. The summed E-state index contributed by atoms with van der Waals surface area (Å²) in [6, 6.07) is 10.8. The maximum atomic E-state index is 13.0. The van der Waals surface area contributed by atoms with Crippen molar-refractivity contribution >= 4 is 52.0 Å². The average molecular weight is 479 g/mol. The summed E-state index contributed by atoms with van der Waals surface area (Å²) in [6.07, 6.45) is 5.54.